The molecule has 0 aliphatic carbocycles. The van der Waals surface area contributed by atoms with E-state index in [1.807, 2.05) is 0 Å². The van der Waals surface area contributed by atoms with Gasteiger partial charge in [-0.2, -0.15) is 0 Å². The first-order chi connectivity index (χ1) is 7.74. The van der Waals surface area contributed by atoms with Crippen LogP contribution in [0, 0.1) is 5.92 Å². The first-order valence-electron chi connectivity index (χ1n) is 6.72. The van der Waals surface area contributed by atoms with Gasteiger partial charge < -0.3 is 15.0 Å². The number of ether oxygens (including phenoxy) is 1. The van der Waals surface area contributed by atoms with Gasteiger partial charge in [-0.15, -0.1) is 0 Å². The largest absolute Gasteiger partial charge is 0.381 e. The summed E-state index contributed by atoms with van der Waals surface area (Å²) in [6.45, 7) is 9.83. The van der Waals surface area contributed by atoms with Crippen molar-refractivity contribution in [3.8, 4) is 0 Å². The first kappa shape index (κ1) is 13.9. The summed E-state index contributed by atoms with van der Waals surface area (Å²) in [5.41, 5.74) is 0. The molecule has 1 saturated heterocycles. The minimum atomic E-state index is 0.619. The van der Waals surface area contributed by atoms with E-state index in [0.717, 1.165) is 32.2 Å². The fraction of sp³-hybridized carbons (Fsp3) is 1.00. The van der Waals surface area contributed by atoms with Crippen LogP contribution in [0.25, 0.3) is 0 Å². The molecule has 0 amide bonds. The Morgan fingerprint density at radius 2 is 2.31 bits per heavy atom. The number of hydrogen-bond acceptors (Lipinski definition) is 3. The number of nitrogens with one attached hydrogen (secondary N) is 1. The van der Waals surface area contributed by atoms with Gasteiger partial charge in [0.2, 0.25) is 0 Å². The number of likely N-dealkylation sites (N-methyl/N-ethyl adjacent to an activating group) is 1. The molecule has 0 aromatic heterocycles. The van der Waals surface area contributed by atoms with Gasteiger partial charge in [-0.1, -0.05) is 6.92 Å². The van der Waals surface area contributed by atoms with E-state index < -0.39 is 0 Å². The second kappa shape index (κ2) is 8.04. The van der Waals surface area contributed by atoms with Gasteiger partial charge >= 0.3 is 0 Å². The van der Waals surface area contributed by atoms with Crippen molar-refractivity contribution in [2.75, 3.05) is 39.9 Å². The molecule has 2 atom stereocenters. The maximum atomic E-state index is 5.52. The lowest BCUT2D eigenvalue weighted by molar-refractivity contribution is 0.0373. The van der Waals surface area contributed by atoms with Gasteiger partial charge in [0.05, 0.1) is 6.61 Å². The van der Waals surface area contributed by atoms with Crippen LogP contribution in [0.1, 0.15) is 33.1 Å². The van der Waals surface area contributed by atoms with Gasteiger partial charge in [0, 0.05) is 25.7 Å². The molecule has 96 valence electrons. The normalized spacial score (nSPS) is 23.6. The quantitative estimate of drug-likeness (QED) is 0.672. The van der Waals surface area contributed by atoms with E-state index in [4.69, 9.17) is 4.74 Å². The average Bonchev–Trinajstić information content (AvgIpc) is 2.30. The summed E-state index contributed by atoms with van der Waals surface area (Å²) in [4.78, 5) is 2.46. The standard InChI is InChI=1S/C13H28N2O/c1-4-7-14-9-12(2)15(3)10-13-6-5-8-16-11-13/h12-14H,4-11H2,1-3H3. The van der Waals surface area contributed by atoms with E-state index in [-0.39, 0.29) is 0 Å². The molecule has 1 rings (SSSR count). The third-order valence-corrected chi connectivity index (χ3v) is 3.42. The maximum Gasteiger partial charge on any atom is 0.0506 e. The smallest absolute Gasteiger partial charge is 0.0506 e. The van der Waals surface area contributed by atoms with Crippen molar-refractivity contribution in [1.29, 1.82) is 0 Å². The number of hydrogen-bond donors (Lipinski definition) is 1. The summed E-state index contributed by atoms with van der Waals surface area (Å²) in [5, 5.41) is 3.48. The van der Waals surface area contributed by atoms with Gasteiger partial charge in [-0.25, -0.2) is 0 Å². The summed E-state index contributed by atoms with van der Waals surface area (Å²) in [6, 6.07) is 0.619. The van der Waals surface area contributed by atoms with Crippen LogP contribution in [0.2, 0.25) is 0 Å². The second-order valence-corrected chi connectivity index (χ2v) is 5.08. The molecule has 0 spiro atoms. The molecule has 0 radical (unpaired) electrons. The molecule has 3 nitrogen and oxygen atoms in total. The highest BCUT2D eigenvalue weighted by molar-refractivity contribution is 4.72. The van der Waals surface area contributed by atoms with Crippen LogP contribution >= 0.6 is 0 Å². The minimum absolute atomic E-state index is 0.619. The Hall–Kier alpha value is -0.120. The highest BCUT2D eigenvalue weighted by atomic mass is 16.5. The van der Waals surface area contributed by atoms with Crippen molar-refractivity contribution in [3.05, 3.63) is 0 Å². The van der Waals surface area contributed by atoms with Crippen molar-refractivity contribution >= 4 is 0 Å². The highest BCUT2D eigenvalue weighted by Crippen LogP contribution is 2.15. The van der Waals surface area contributed by atoms with Crippen LogP contribution in [0.4, 0.5) is 0 Å². The molecule has 1 N–H and O–H groups in total. The summed E-state index contributed by atoms with van der Waals surface area (Å²) in [5.74, 6) is 0.743. The van der Waals surface area contributed by atoms with Gasteiger partial charge in [0.25, 0.3) is 0 Å². The maximum absolute atomic E-state index is 5.52. The zero-order chi connectivity index (χ0) is 11.8. The first-order valence-corrected chi connectivity index (χ1v) is 6.72. The van der Waals surface area contributed by atoms with Crippen molar-refractivity contribution < 1.29 is 4.74 Å². The van der Waals surface area contributed by atoms with Gasteiger partial charge in [-0.05, 0) is 45.7 Å². The van der Waals surface area contributed by atoms with E-state index in [2.05, 4.69) is 31.1 Å². The fourth-order valence-electron chi connectivity index (χ4n) is 2.18. The zero-order valence-corrected chi connectivity index (χ0v) is 11.2. The van der Waals surface area contributed by atoms with E-state index in [0.29, 0.717) is 6.04 Å². The van der Waals surface area contributed by atoms with E-state index in [1.165, 1.54) is 25.8 Å². The van der Waals surface area contributed by atoms with Crippen LogP contribution in [0.3, 0.4) is 0 Å². The summed E-state index contributed by atoms with van der Waals surface area (Å²) >= 11 is 0. The molecule has 1 fully saturated rings. The number of nitrogens with zero attached hydrogens (tertiary/aromatic N) is 1. The van der Waals surface area contributed by atoms with Crippen LogP contribution in [-0.2, 0) is 4.74 Å². The molecule has 2 unspecified atom stereocenters. The third kappa shape index (κ3) is 5.28. The van der Waals surface area contributed by atoms with Crippen LogP contribution in [0.5, 0.6) is 0 Å². The van der Waals surface area contributed by atoms with E-state index in [9.17, 15) is 0 Å². The zero-order valence-electron chi connectivity index (χ0n) is 11.2. The summed E-state index contributed by atoms with van der Waals surface area (Å²) in [6.07, 6.45) is 3.79. The van der Waals surface area contributed by atoms with Crippen molar-refractivity contribution in [2.24, 2.45) is 5.92 Å². The predicted octanol–water partition coefficient (Wildman–Crippen LogP) is 1.73. The predicted molar refractivity (Wildman–Crippen MR) is 68.8 cm³/mol. The van der Waals surface area contributed by atoms with Crippen LogP contribution in [0.15, 0.2) is 0 Å². The molecule has 0 aromatic carbocycles. The van der Waals surface area contributed by atoms with E-state index in [1.54, 1.807) is 0 Å². The molecule has 0 aromatic rings. The lowest BCUT2D eigenvalue weighted by Gasteiger charge is -2.31. The Morgan fingerprint density at radius 1 is 1.50 bits per heavy atom. The summed E-state index contributed by atoms with van der Waals surface area (Å²) < 4.78 is 5.52. The van der Waals surface area contributed by atoms with Crippen molar-refractivity contribution in [1.82, 2.24) is 10.2 Å². The Balaban J connectivity index is 2.14. The topological polar surface area (TPSA) is 24.5 Å². The molecular weight excluding hydrogens is 200 g/mol. The monoisotopic (exact) mass is 228 g/mol. The average molecular weight is 228 g/mol. The fourth-order valence-corrected chi connectivity index (χ4v) is 2.18. The molecule has 0 bridgehead atoms. The lowest BCUT2D eigenvalue weighted by Crippen LogP contribution is -2.41. The van der Waals surface area contributed by atoms with E-state index >= 15 is 0 Å². The van der Waals surface area contributed by atoms with Gasteiger partial charge in [0.1, 0.15) is 0 Å². The molecule has 16 heavy (non-hydrogen) atoms. The third-order valence-electron chi connectivity index (χ3n) is 3.42. The second-order valence-electron chi connectivity index (χ2n) is 5.08. The van der Waals surface area contributed by atoms with Crippen LogP contribution < -0.4 is 5.32 Å². The van der Waals surface area contributed by atoms with Crippen LogP contribution in [-0.4, -0.2) is 50.8 Å². The molecule has 1 aliphatic heterocycles. The number of rotatable bonds is 7. The van der Waals surface area contributed by atoms with Crippen molar-refractivity contribution in [2.45, 2.75) is 39.2 Å². The Labute approximate surface area is 101 Å². The van der Waals surface area contributed by atoms with Gasteiger partial charge in [0.15, 0.2) is 0 Å². The molecule has 3 heteroatoms. The highest BCUT2D eigenvalue weighted by Gasteiger charge is 2.18. The molecule has 1 heterocycles. The van der Waals surface area contributed by atoms with Crippen molar-refractivity contribution in [3.63, 3.8) is 0 Å². The van der Waals surface area contributed by atoms with Gasteiger partial charge in [-0.3, -0.25) is 0 Å². The SMILES string of the molecule is CCCNCC(C)N(C)CC1CCCOC1. The Morgan fingerprint density at radius 3 is 2.94 bits per heavy atom. The minimum Gasteiger partial charge on any atom is -0.381 e. The Bertz CT molecular complexity index is 169. The Kier molecular flexibility index (Phi) is 7.01. The molecular formula is C13H28N2O. The summed E-state index contributed by atoms with van der Waals surface area (Å²) in [7, 11) is 2.23. The lowest BCUT2D eigenvalue weighted by atomic mass is 10.0. The molecule has 0 saturated carbocycles. The molecule has 1 aliphatic rings.